The van der Waals surface area contributed by atoms with Crippen molar-refractivity contribution in [3.05, 3.63) is 51.3 Å². The Balaban J connectivity index is 1.31. The van der Waals surface area contributed by atoms with Crippen LogP contribution in [0.15, 0.2) is 34.9 Å². The van der Waals surface area contributed by atoms with E-state index in [0.29, 0.717) is 48.7 Å². The van der Waals surface area contributed by atoms with Crippen molar-refractivity contribution in [2.75, 3.05) is 19.7 Å². The Morgan fingerprint density at radius 3 is 2.83 bits per heavy atom. The van der Waals surface area contributed by atoms with Gasteiger partial charge < -0.3 is 19.3 Å². The Hall–Kier alpha value is -2.71. The van der Waals surface area contributed by atoms with E-state index in [4.69, 9.17) is 9.26 Å². The monoisotopic (exact) mass is 412 g/mol. The van der Waals surface area contributed by atoms with Crippen molar-refractivity contribution >= 4 is 34.2 Å². The SMILES string of the molecule is O=C(O)c1cc2c(s1)C1(CCN(C(=O)Cc3noc4ccccc34)CC1)OCC2. The first-order chi connectivity index (χ1) is 14.1. The second-order valence-electron chi connectivity index (χ2n) is 7.55. The molecule has 2 aliphatic rings. The van der Waals surface area contributed by atoms with Gasteiger partial charge in [-0.2, -0.15) is 0 Å². The molecule has 29 heavy (non-hydrogen) atoms. The maximum atomic E-state index is 12.8. The number of fused-ring (bicyclic) bond motifs is 3. The summed E-state index contributed by atoms with van der Waals surface area (Å²) in [7, 11) is 0. The van der Waals surface area contributed by atoms with E-state index in [0.717, 1.165) is 22.2 Å². The standard InChI is InChI=1S/C21H20N2O5S/c24-18(12-15-14-3-1-2-4-16(14)28-22-15)23-8-6-21(7-9-23)19-13(5-10-27-21)11-17(29-19)20(25)26/h1-4,11H,5-10,12H2,(H,25,26). The number of amides is 1. The fourth-order valence-electron chi connectivity index (χ4n) is 4.34. The number of carboxylic acids is 1. The molecule has 1 spiro atoms. The lowest BCUT2D eigenvalue weighted by Gasteiger charge is -2.43. The van der Waals surface area contributed by atoms with E-state index < -0.39 is 11.6 Å². The van der Waals surface area contributed by atoms with Gasteiger partial charge in [0.2, 0.25) is 5.91 Å². The Kier molecular flexibility index (Phi) is 4.40. The first-order valence-electron chi connectivity index (χ1n) is 9.67. The fourth-order valence-corrected chi connectivity index (χ4v) is 5.59. The van der Waals surface area contributed by atoms with E-state index in [1.807, 2.05) is 29.2 Å². The van der Waals surface area contributed by atoms with Gasteiger partial charge in [0.15, 0.2) is 5.58 Å². The van der Waals surface area contributed by atoms with Crippen LogP contribution in [0.4, 0.5) is 0 Å². The first kappa shape index (κ1) is 18.3. The molecule has 1 saturated heterocycles. The molecule has 8 heteroatoms. The summed E-state index contributed by atoms with van der Waals surface area (Å²) < 4.78 is 11.5. The summed E-state index contributed by atoms with van der Waals surface area (Å²) >= 11 is 1.31. The highest BCUT2D eigenvalue weighted by Gasteiger charge is 2.43. The Morgan fingerprint density at radius 2 is 2.03 bits per heavy atom. The summed E-state index contributed by atoms with van der Waals surface area (Å²) in [5.74, 6) is -0.876. The molecule has 5 rings (SSSR count). The van der Waals surface area contributed by atoms with Crippen LogP contribution in [0.5, 0.6) is 0 Å². The van der Waals surface area contributed by atoms with Crippen molar-refractivity contribution in [2.24, 2.45) is 0 Å². The van der Waals surface area contributed by atoms with Gasteiger partial charge >= 0.3 is 5.97 Å². The maximum Gasteiger partial charge on any atom is 0.345 e. The minimum Gasteiger partial charge on any atom is -0.477 e. The summed E-state index contributed by atoms with van der Waals surface area (Å²) in [6.45, 7) is 1.74. The third-order valence-electron chi connectivity index (χ3n) is 5.88. The van der Waals surface area contributed by atoms with Gasteiger partial charge in [-0.3, -0.25) is 4.79 Å². The van der Waals surface area contributed by atoms with Crippen LogP contribution in [0, 0.1) is 0 Å². The van der Waals surface area contributed by atoms with Crippen molar-refractivity contribution < 1.29 is 24.0 Å². The number of benzene rings is 1. The van der Waals surface area contributed by atoms with E-state index in [2.05, 4.69) is 5.16 Å². The summed E-state index contributed by atoms with van der Waals surface area (Å²) in [6.07, 6.45) is 2.29. The van der Waals surface area contributed by atoms with Crippen LogP contribution in [0.3, 0.4) is 0 Å². The molecule has 0 unspecified atom stereocenters. The lowest BCUT2D eigenvalue weighted by Crippen LogP contribution is -2.48. The molecule has 7 nitrogen and oxygen atoms in total. The highest BCUT2D eigenvalue weighted by Crippen LogP contribution is 2.45. The number of carboxylic acid groups (broad SMARTS) is 1. The van der Waals surface area contributed by atoms with Crippen LogP contribution < -0.4 is 0 Å². The summed E-state index contributed by atoms with van der Waals surface area (Å²) in [5.41, 5.74) is 1.95. The van der Waals surface area contributed by atoms with Crippen LogP contribution in [0.1, 0.15) is 38.6 Å². The van der Waals surface area contributed by atoms with E-state index >= 15 is 0 Å². The van der Waals surface area contributed by atoms with Crippen molar-refractivity contribution in [3.63, 3.8) is 0 Å². The Labute approximate surface area is 170 Å². The molecular weight excluding hydrogens is 392 g/mol. The number of piperidine rings is 1. The van der Waals surface area contributed by atoms with E-state index in [9.17, 15) is 14.7 Å². The average Bonchev–Trinajstić information content (AvgIpc) is 3.34. The zero-order valence-electron chi connectivity index (χ0n) is 15.7. The number of hydrogen-bond donors (Lipinski definition) is 1. The predicted octanol–water partition coefficient (Wildman–Crippen LogP) is 3.22. The Morgan fingerprint density at radius 1 is 1.24 bits per heavy atom. The van der Waals surface area contributed by atoms with Gasteiger partial charge in [0.05, 0.1) is 13.0 Å². The van der Waals surface area contributed by atoms with E-state index in [1.165, 1.54) is 11.3 Å². The zero-order valence-corrected chi connectivity index (χ0v) is 16.5. The van der Waals surface area contributed by atoms with Crippen LogP contribution in [-0.4, -0.2) is 46.7 Å². The number of hydrogen-bond acceptors (Lipinski definition) is 6. The molecule has 1 aromatic carbocycles. The van der Waals surface area contributed by atoms with Crippen molar-refractivity contribution in [1.82, 2.24) is 10.1 Å². The molecule has 150 valence electrons. The quantitative estimate of drug-likeness (QED) is 0.710. The summed E-state index contributed by atoms with van der Waals surface area (Å²) in [4.78, 5) is 27.5. The number of rotatable bonds is 3. The molecule has 0 bridgehead atoms. The van der Waals surface area contributed by atoms with Gasteiger partial charge in [0, 0.05) is 23.4 Å². The molecular formula is C21H20N2O5S. The lowest BCUT2D eigenvalue weighted by atomic mass is 9.85. The minimum absolute atomic E-state index is 0.0207. The molecule has 1 fully saturated rings. The average molecular weight is 412 g/mol. The molecule has 2 aromatic heterocycles. The number of likely N-dealkylation sites (tertiary alicyclic amines) is 1. The number of nitrogens with zero attached hydrogens (tertiary/aromatic N) is 2. The van der Waals surface area contributed by atoms with Crippen molar-refractivity contribution in [2.45, 2.75) is 31.3 Å². The number of carbonyl (C=O) groups excluding carboxylic acids is 1. The topological polar surface area (TPSA) is 92.9 Å². The second kappa shape index (κ2) is 6.96. The van der Waals surface area contributed by atoms with Gasteiger partial charge in [0.25, 0.3) is 0 Å². The number of para-hydroxylation sites is 1. The van der Waals surface area contributed by atoms with Gasteiger partial charge in [0.1, 0.15) is 16.2 Å². The van der Waals surface area contributed by atoms with Gasteiger partial charge in [-0.05, 0) is 43.0 Å². The predicted molar refractivity (Wildman–Crippen MR) is 106 cm³/mol. The third kappa shape index (κ3) is 3.12. The molecule has 0 atom stereocenters. The molecule has 3 aromatic rings. The highest BCUT2D eigenvalue weighted by molar-refractivity contribution is 7.14. The summed E-state index contributed by atoms with van der Waals surface area (Å²) in [6, 6.07) is 9.31. The smallest absolute Gasteiger partial charge is 0.345 e. The van der Waals surface area contributed by atoms with Crippen LogP contribution in [0.25, 0.3) is 11.0 Å². The molecule has 2 aliphatic heterocycles. The van der Waals surface area contributed by atoms with Crippen LogP contribution in [-0.2, 0) is 28.0 Å². The molecule has 4 heterocycles. The summed E-state index contributed by atoms with van der Waals surface area (Å²) in [5, 5.41) is 14.3. The molecule has 0 saturated carbocycles. The number of ether oxygens (including phenoxy) is 1. The largest absolute Gasteiger partial charge is 0.477 e. The van der Waals surface area contributed by atoms with Gasteiger partial charge in [-0.15, -0.1) is 11.3 Å². The normalized spacial score (nSPS) is 18.1. The van der Waals surface area contributed by atoms with Gasteiger partial charge in [-0.1, -0.05) is 17.3 Å². The lowest BCUT2D eigenvalue weighted by molar-refractivity contribution is -0.139. The first-order valence-corrected chi connectivity index (χ1v) is 10.5. The van der Waals surface area contributed by atoms with Crippen molar-refractivity contribution in [1.29, 1.82) is 0 Å². The minimum atomic E-state index is -0.896. The second-order valence-corrected chi connectivity index (χ2v) is 8.60. The fraction of sp³-hybridized carbons (Fsp3) is 0.381. The Bertz CT molecular complexity index is 1090. The third-order valence-corrected chi connectivity index (χ3v) is 7.23. The van der Waals surface area contributed by atoms with Gasteiger partial charge in [-0.25, -0.2) is 4.79 Å². The number of aromatic nitrogens is 1. The molecule has 1 amide bonds. The van der Waals surface area contributed by atoms with E-state index in [1.54, 1.807) is 6.07 Å². The number of aromatic carboxylic acids is 1. The van der Waals surface area contributed by atoms with E-state index in [-0.39, 0.29) is 12.3 Å². The number of carbonyl (C=O) groups is 2. The molecule has 0 radical (unpaired) electrons. The highest BCUT2D eigenvalue weighted by atomic mass is 32.1. The van der Waals surface area contributed by atoms with Crippen LogP contribution >= 0.6 is 11.3 Å². The molecule has 0 aliphatic carbocycles. The molecule has 1 N–H and O–H groups in total. The van der Waals surface area contributed by atoms with Crippen LogP contribution in [0.2, 0.25) is 0 Å². The zero-order chi connectivity index (χ0) is 20.0. The number of thiophene rings is 1. The van der Waals surface area contributed by atoms with Crippen molar-refractivity contribution in [3.8, 4) is 0 Å². The maximum absolute atomic E-state index is 12.8.